The van der Waals surface area contributed by atoms with Crippen molar-refractivity contribution in [2.45, 2.75) is 18.9 Å². The van der Waals surface area contributed by atoms with Crippen LogP contribution in [0.15, 0.2) is 18.2 Å². The molecule has 2 atom stereocenters. The van der Waals surface area contributed by atoms with Gasteiger partial charge in [-0.05, 0) is 17.7 Å². The summed E-state index contributed by atoms with van der Waals surface area (Å²) < 4.78 is 12.8. The van der Waals surface area contributed by atoms with Crippen molar-refractivity contribution >= 4 is 11.7 Å². The van der Waals surface area contributed by atoms with E-state index in [1.54, 1.807) is 6.07 Å². The number of carbonyl (C=O) groups is 1. The smallest absolute Gasteiger partial charge is 0.326 e. The summed E-state index contributed by atoms with van der Waals surface area (Å²) in [6.45, 7) is 1.82. The maximum absolute atomic E-state index is 12.8. The first-order valence-electron chi connectivity index (χ1n) is 4.38. The molecule has 0 spiro atoms. The summed E-state index contributed by atoms with van der Waals surface area (Å²) in [5.41, 5.74) is 1.45. The molecule has 74 valence electrons. The molecule has 2 N–H and O–H groups in total. The number of carboxylic acid groups (broad SMARTS) is 1. The number of nitrogens with one attached hydrogen (secondary N) is 1. The van der Waals surface area contributed by atoms with Gasteiger partial charge in [0.1, 0.15) is 11.9 Å². The highest BCUT2D eigenvalue weighted by Gasteiger charge is 2.33. The lowest BCUT2D eigenvalue weighted by Crippen LogP contribution is -2.28. The third-order valence-corrected chi connectivity index (χ3v) is 2.58. The Morgan fingerprint density at radius 3 is 2.93 bits per heavy atom. The van der Waals surface area contributed by atoms with Crippen LogP contribution < -0.4 is 5.32 Å². The van der Waals surface area contributed by atoms with Gasteiger partial charge in [-0.25, -0.2) is 9.18 Å². The summed E-state index contributed by atoms with van der Waals surface area (Å²) in [7, 11) is 0. The molecule has 0 amide bonds. The van der Waals surface area contributed by atoms with Crippen LogP contribution in [0, 0.1) is 5.82 Å². The van der Waals surface area contributed by atoms with Crippen LogP contribution in [0.4, 0.5) is 10.1 Å². The predicted octanol–water partition coefficient (Wildman–Crippen LogP) is 1.81. The lowest BCUT2D eigenvalue weighted by Gasteiger charge is -2.09. The zero-order valence-electron chi connectivity index (χ0n) is 7.62. The van der Waals surface area contributed by atoms with Gasteiger partial charge in [-0.3, -0.25) is 0 Å². The first-order chi connectivity index (χ1) is 6.59. The lowest BCUT2D eigenvalue weighted by molar-refractivity contribution is -0.138. The number of halogens is 1. The van der Waals surface area contributed by atoms with Crippen molar-refractivity contribution in [1.29, 1.82) is 0 Å². The molecule has 3 nitrogen and oxygen atoms in total. The SMILES string of the molecule is CC1c2ccc(F)cc2NC1C(=O)O. The number of aliphatic carboxylic acids is 1. The van der Waals surface area contributed by atoms with Crippen molar-refractivity contribution in [2.75, 3.05) is 5.32 Å². The van der Waals surface area contributed by atoms with E-state index in [9.17, 15) is 9.18 Å². The molecule has 0 saturated heterocycles. The highest BCUT2D eigenvalue weighted by molar-refractivity contribution is 5.82. The lowest BCUT2D eigenvalue weighted by atomic mass is 9.97. The molecule has 1 aromatic rings. The Hall–Kier alpha value is -1.58. The van der Waals surface area contributed by atoms with Crippen LogP contribution in [-0.4, -0.2) is 17.1 Å². The molecule has 0 bridgehead atoms. The number of hydrogen-bond donors (Lipinski definition) is 2. The van der Waals surface area contributed by atoms with Crippen LogP contribution in [0.3, 0.4) is 0 Å². The Morgan fingerprint density at radius 1 is 1.57 bits per heavy atom. The molecule has 1 aliphatic rings. The molecule has 0 fully saturated rings. The van der Waals surface area contributed by atoms with Gasteiger partial charge in [0.15, 0.2) is 0 Å². The number of rotatable bonds is 1. The minimum Gasteiger partial charge on any atom is -0.480 e. The van der Waals surface area contributed by atoms with Gasteiger partial charge in [-0.2, -0.15) is 0 Å². The van der Waals surface area contributed by atoms with E-state index in [1.807, 2.05) is 6.92 Å². The first-order valence-corrected chi connectivity index (χ1v) is 4.38. The van der Waals surface area contributed by atoms with Crippen molar-refractivity contribution in [3.63, 3.8) is 0 Å². The van der Waals surface area contributed by atoms with E-state index >= 15 is 0 Å². The molecule has 2 unspecified atom stereocenters. The zero-order chi connectivity index (χ0) is 10.3. The Balaban J connectivity index is 2.40. The Labute approximate surface area is 80.6 Å². The average Bonchev–Trinajstić information content (AvgIpc) is 2.43. The summed E-state index contributed by atoms with van der Waals surface area (Å²) >= 11 is 0. The van der Waals surface area contributed by atoms with Crippen LogP contribution in [0.25, 0.3) is 0 Å². The molecule has 1 heterocycles. The van der Waals surface area contributed by atoms with E-state index in [-0.39, 0.29) is 11.7 Å². The van der Waals surface area contributed by atoms with E-state index in [2.05, 4.69) is 5.32 Å². The predicted molar refractivity (Wildman–Crippen MR) is 49.9 cm³/mol. The normalized spacial score (nSPS) is 24.1. The molecular formula is C10H10FNO2. The van der Waals surface area contributed by atoms with E-state index in [0.29, 0.717) is 5.69 Å². The van der Waals surface area contributed by atoms with Crippen molar-refractivity contribution in [2.24, 2.45) is 0 Å². The summed E-state index contributed by atoms with van der Waals surface area (Å²) in [4.78, 5) is 10.8. The molecular weight excluding hydrogens is 185 g/mol. The Morgan fingerprint density at radius 2 is 2.29 bits per heavy atom. The summed E-state index contributed by atoms with van der Waals surface area (Å²) in [5.74, 6) is -1.38. The fourth-order valence-corrected chi connectivity index (χ4v) is 1.80. The van der Waals surface area contributed by atoms with Crippen molar-refractivity contribution in [1.82, 2.24) is 0 Å². The molecule has 0 saturated carbocycles. The van der Waals surface area contributed by atoms with Gasteiger partial charge in [-0.1, -0.05) is 13.0 Å². The first kappa shape index (κ1) is 8.99. The molecule has 0 aromatic heterocycles. The average molecular weight is 195 g/mol. The van der Waals surface area contributed by atoms with E-state index in [4.69, 9.17) is 5.11 Å². The fourth-order valence-electron chi connectivity index (χ4n) is 1.80. The number of benzene rings is 1. The molecule has 2 rings (SSSR count). The second-order valence-corrected chi connectivity index (χ2v) is 3.48. The maximum Gasteiger partial charge on any atom is 0.326 e. The Bertz CT molecular complexity index is 392. The van der Waals surface area contributed by atoms with Gasteiger partial charge in [-0.15, -0.1) is 0 Å². The van der Waals surface area contributed by atoms with E-state index in [0.717, 1.165) is 5.56 Å². The number of anilines is 1. The molecule has 1 aliphatic heterocycles. The topological polar surface area (TPSA) is 49.3 Å². The van der Waals surface area contributed by atoms with Gasteiger partial charge < -0.3 is 10.4 Å². The van der Waals surface area contributed by atoms with Gasteiger partial charge in [0.25, 0.3) is 0 Å². The van der Waals surface area contributed by atoms with Gasteiger partial charge >= 0.3 is 5.97 Å². The minimum atomic E-state index is -0.908. The quantitative estimate of drug-likeness (QED) is 0.718. The molecule has 4 heteroatoms. The van der Waals surface area contributed by atoms with Crippen LogP contribution in [0.2, 0.25) is 0 Å². The highest BCUT2D eigenvalue weighted by Crippen LogP contribution is 2.35. The third kappa shape index (κ3) is 1.23. The molecule has 1 aromatic carbocycles. The van der Waals surface area contributed by atoms with E-state index in [1.165, 1.54) is 12.1 Å². The standard InChI is InChI=1S/C10H10FNO2/c1-5-7-3-2-6(11)4-8(7)12-9(5)10(13)14/h2-5,9,12H,1H3,(H,13,14). The molecule has 0 radical (unpaired) electrons. The second kappa shape index (κ2) is 2.97. The van der Waals surface area contributed by atoms with Gasteiger partial charge in [0.2, 0.25) is 0 Å². The van der Waals surface area contributed by atoms with Crippen LogP contribution >= 0.6 is 0 Å². The largest absolute Gasteiger partial charge is 0.480 e. The number of fused-ring (bicyclic) bond motifs is 1. The highest BCUT2D eigenvalue weighted by atomic mass is 19.1. The second-order valence-electron chi connectivity index (χ2n) is 3.48. The van der Waals surface area contributed by atoms with Crippen LogP contribution in [-0.2, 0) is 4.79 Å². The number of carboxylic acids is 1. The maximum atomic E-state index is 12.8. The van der Waals surface area contributed by atoms with Crippen LogP contribution in [0.1, 0.15) is 18.4 Å². The van der Waals surface area contributed by atoms with Gasteiger partial charge in [0, 0.05) is 11.6 Å². The molecule has 0 aliphatic carbocycles. The van der Waals surface area contributed by atoms with Crippen molar-refractivity contribution in [3.8, 4) is 0 Å². The van der Waals surface area contributed by atoms with Crippen molar-refractivity contribution in [3.05, 3.63) is 29.6 Å². The summed E-state index contributed by atoms with van der Waals surface area (Å²) in [6, 6.07) is 3.66. The third-order valence-electron chi connectivity index (χ3n) is 2.58. The molecule has 14 heavy (non-hydrogen) atoms. The van der Waals surface area contributed by atoms with Crippen molar-refractivity contribution < 1.29 is 14.3 Å². The number of hydrogen-bond acceptors (Lipinski definition) is 2. The summed E-state index contributed by atoms with van der Waals surface area (Å²) in [6.07, 6.45) is 0. The fraction of sp³-hybridized carbons (Fsp3) is 0.300. The zero-order valence-corrected chi connectivity index (χ0v) is 7.62. The summed E-state index contributed by atoms with van der Waals surface area (Å²) in [5, 5.41) is 11.7. The Kier molecular flexibility index (Phi) is 1.91. The van der Waals surface area contributed by atoms with Gasteiger partial charge in [0.05, 0.1) is 0 Å². The minimum absolute atomic E-state index is 0.122. The van der Waals surface area contributed by atoms with Crippen LogP contribution in [0.5, 0.6) is 0 Å². The van der Waals surface area contributed by atoms with E-state index < -0.39 is 12.0 Å². The monoisotopic (exact) mass is 195 g/mol.